The van der Waals surface area contributed by atoms with Gasteiger partial charge in [-0.05, 0) is 44.0 Å². The van der Waals surface area contributed by atoms with E-state index in [-0.39, 0.29) is 11.8 Å². The molecule has 0 bridgehead atoms. The Labute approximate surface area is 168 Å². The Kier molecular flexibility index (Phi) is 5.41. The summed E-state index contributed by atoms with van der Waals surface area (Å²) in [5.41, 5.74) is 1.87. The SMILES string of the molecule is COc1ccc(-c2cc(N3CCC(C(=O)Nc4cc(C)on4)CC3)ncn2)cc1. The maximum atomic E-state index is 12.5. The molecule has 1 N–H and O–H groups in total. The zero-order valence-electron chi connectivity index (χ0n) is 16.5. The number of anilines is 2. The first-order chi connectivity index (χ1) is 14.1. The van der Waals surface area contributed by atoms with Crippen LogP contribution in [0.25, 0.3) is 11.3 Å². The molecule has 3 heterocycles. The van der Waals surface area contributed by atoms with E-state index in [9.17, 15) is 4.79 Å². The van der Waals surface area contributed by atoms with E-state index in [1.165, 1.54) is 0 Å². The van der Waals surface area contributed by atoms with Gasteiger partial charge in [-0.1, -0.05) is 5.16 Å². The number of nitrogens with zero attached hydrogens (tertiary/aromatic N) is 4. The van der Waals surface area contributed by atoms with Crippen LogP contribution < -0.4 is 15.0 Å². The standard InChI is InChI=1S/C21H23N5O3/c1-14-11-19(25-29-14)24-21(27)16-7-9-26(10-8-16)20-12-18(22-13-23-20)15-3-5-17(28-2)6-4-15/h3-6,11-13,16H,7-10H2,1-2H3,(H,24,25,27). The molecule has 0 unspecified atom stereocenters. The Morgan fingerprint density at radius 1 is 1.17 bits per heavy atom. The molecule has 1 aromatic carbocycles. The molecular formula is C21H23N5O3. The lowest BCUT2D eigenvalue weighted by atomic mass is 9.96. The van der Waals surface area contributed by atoms with Crippen LogP contribution in [0.3, 0.4) is 0 Å². The lowest BCUT2D eigenvalue weighted by Crippen LogP contribution is -2.38. The topological polar surface area (TPSA) is 93.4 Å². The molecule has 150 valence electrons. The highest BCUT2D eigenvalue weighted by Crippen LogP contribution is 2.26. The second-order valence-electron chi connectivity index (χ2n) is 7.06. The Hall–Kier alpha value is -3.42. The molecule has 0 spiro atoms. The minimum Gasteiger partial charge on any atom is -0.497 e. The van der Waals surface area contributed by atoms with Crippen LogP contribution in [-0.4, -0.2) is 41.2 Å². The molecule has 0 aliphatic carbocycles. The molecule has 0 saturated carbocycles. The lowest BCUT2D eigenvalue weighted by Gasteiger charge is -2.32. The van der Waals surface area contributed by atoms with Gasteiger partial charge in [0.05, 0.1) is 12.8 Å². The van der Waals surface area contributed by atoms with E-state index in [0.29, 0.717) is 11.6 Å². The van der Waals surface area contributed by atoms with Crippen molar-refractivity contribution in [3.8, 4) is 17.0 Å². The summed E-state index contributed by atoms with van der Waals surface area (Å²) in [5.74, 6) is 2.76. The zero-order valence-corrected chi connectivity index (χ0v) is 16.5. The summed E-state index contributed by atoms with van der Waals surface area (Å²) in [6, 6.07) is 11.5. The van der Waals surface area contributed by atoms with E-state index in [1.807, 2.05) is 30.3 Å². The first kappa shape index (κ1) is 18.9. The van der Waals surface area contributed by atoms with Gasteiger partial charge in [-0.25, -0.2) is 9.97 Å². The van der Waals surface area contributed by atoms with Crippen molar-refractivity contribution in [2.75, 3.05) is 30.4 Å². The Bertz CT molecular complexity index is 978. The number of piperidine rings is 1. The zero-order chi connectivity index (χ0) is 20.2. The predicted molar refractivity (Wildman–Crippen MR) is 109 cm³/mol. The van der Waals surface area contributed by atoms with Gasteiger partial charge in [0, 0.05) is 36.7 Å². The Morgan fingerprint density at radius 2 is 1.93 bits per heavy atom. The van der Waals surface area contributed by atoms with Crippen molar-refractivity contribution in [3.05, 3.63) is 48.5 Å². The van der Waals surface area contributed by atoms with Crippen LogP contribution in [0.1, 0.15) is 18.6 Å². The van der Waals surface area contributed by atoms with Gasteiger partial charge in [0.25, 0.3) is 0 Å². The van der Waals surface area contributed by atoms with Crippen LogP contribution in [0.15, 0.2) is 47.2 Å². The highest BCUT2D eigenvalue weighted by Gasteiger charge is 2.26. The normalized spacial score (nSPS) is 14.6. The van der Waals surface area contributed by atoms with Gasteiger partial charge >= 0.3 is 0 Å². The molecular weight excluding hydrogens is 370 g/mol. The van der Waals surface area contributed by atoms with Crippen molar-refractivity contribution in [2.45, 2.75) is 19.8 Å². The van der Waals surface area contributed by atoms with Crippen LogP contribution in [0.2, 0.25) is 0 Å². The molecule has 0 atom stereocenters. The molecule has 4 rings (SSSR count). The monoisotopic (exact) mass is 393 g/mol. The van der Waals surface area contributed by atoms with E-state index < -0.39 is 0 Å². The summed E-state index contributed by atoms with van der Waals surface area (Å²) in [6.45, 7) is 3.31. The molecule has 3 aromatic rings. The molecule has 8 heteroatoms. The van der Waals surface area contributed by atoms with Gasteiger partial charge < -0.3 is 19.5 Å². The number of aryl methyl sites for hydroxylation is 1. The van der Waals surface area contributed by atoms with Crippen LogP contribution in [-0.2, 0) is 4.79 Å². The molecule has 1 aliphatic heterocycles. The maximum Gasteiger partial charge on any atom is 0.228 e. The summed E-state index contributed by atoms with van der Waals surface area (Å²) in [5, 5.41) is 6.65. The molecule has 1 fully saturated rings. The van der Waals surface area contributed by atoms with Gasteiger partial charge in [0.2, 0.25) is 5.91 Å². The van der Waals surface area contributed by atoms with Crippen molar-refractivity contribution in [2.24, 2.45) is 5.92 Å². The van der Waals surface area contributed by atoms with Crippen LogP contribution in [0, 0.1) is 12.8 Å². The van der Waals surface area contributed by atoms with E-state index in [0.717, 1.165) is 48.8 Å². The number of carbonyl (C=O) groups excluding carboxylic acids is 1. The van der Waals surface area contributed by atoms with Gasteiger partial charge in [0.15, 0.2) is 5.82 Å². The third-order valence-corrected chi connectivity index (χ3v) is 5.11. The second-order valence-corrected chi connectivity index (χ2v) is 7.06. The van der Waals surface area contributed by atoms with E-state index in [4.69, 9.17) is 9.26 Å². The quantitative estimate of drug-likeness (QED) is 0.711. The number of hydrogen-bond acceptors (Lipinski definition) is 7. The van der Waals surface area contributed by atoms with E-state index in [1.54, 1.807) is 26.4 Å². The van der Waals surface area contributed by atoms with Crippen LogP contribution >= 0.6 is 0 Å². The maximum absolute atomic E-state index is 12.5. The Balaban J connectivity index is 1.38. The number of ether oxygens (including phenoxy) is 1. The van der Waals surface area contributed by atoms with E-state index >= 15 is 0 Å². The summed E-state index contributed by atoms with van der Waals surface area (Å²) in [6.07, 6.45) is 3.09. The summed E-state index contributed by atoms with van der Waals surface area (Å²) < 4.78 is 10.2. The smallest absolute Gasteiger partial charge is 0.228 e. The third-order valence-electron chi connectivity index (χ3n) is 5.11. The molecule has 8 nitrogen and oxygen atoms in total. The molecule has 1 saturated heterocycles. The predicted octanol–water partition coefficient (Wildman–Crippen LogP) is 3.30. The Morgan fingerprint density at radius 3 is 2.59 bits per heavy atom. The number of benzene rings is 1. The fourth-order valence-electron chi connectivity index (χ4n) is 3.46. The van der Waals surface area contributed by atoms with Crippen molar-refractivity contribution < 1.29 is 14.1 Å². The number of methoxy groups -OCH3 is 1. The van der Waals surface area contributed by atoms with Crippen molar-refractivity contribution in [3.63, 3.8) is 0 Å². The minimum atomic E-state index is -0.0499. The van der Waals surface area contributed by atoms with Crippen molar-refractivity contribution in [1.29, 1.82) is 0 Å². The van der Waals surface area contributed by atoms with Crippen molar-refractivity contribution >= 4 is 17.5 Å². The molecule has 2 aromatic heterocycles. The largest absolute Gasteiger partial charge is 0.497 e. The van der Waals surface area contributed by atoms with E-state index in [2.05, 4.69) is 25.3 Å². The number of amides is 1. The van der Waals surface area contributed by atoms with Gasteiger partial charge in [-0.15, -0.1) is 0 Å². The summed E-state index contributed by atoms with van der Waals surface area (Å²) >= 11 is 0. The fourth-order valence-corrected chi connectivity index (χ4v) is 3.46. The number of carbonyl (C=O) groups is 1. The second kappa shape index (κ2) is 8.30. The van der Waals surface area contributed by atoms with Crippen molar-refractivity contribution in [1.82, 2.24) is 15.1 Å². The molecule has 1 aliphatic rings. The highest BCUT2D eigenvalue weighted by atomic mass is 16.5. The average molecular weight is 393 g/mol. The average Bonchev–Trinajstić information content (AvgIpc) is 3.18. The lowest BCUT2D eigenvalue weighted by molar-refractivity contribution is -0.120. The van der Waals surface area contributed by atoms with Gasteiger partial charge in [-0.3, -0.25) is 4.79 Å². The van der Waals surface area contributed by atoms with Crippen LogP contribution in [0.4, 0.5) is 11.6 Å². The first-order valence-corrected chi connectivity index (χ1v) is 9.58. The summed E-state index contributed by atoms with van der Waals surface area (Å²) in [7, 11) is 1.65. The van der Waals surface area contributed by atoms with Gasteiger partial charge in [-0.2, -0.15) is 0 Å². The molecule has 29 heavy (non-hydrogen) atoms. The fraction of sp³-hybridized carbons (Fsp3) is 0.333. The van der Waals surface area contributed by atoms with Crippen LogP contribution in [0.5, 0.6) is 5.75 Å². The number of aromatic nitrogens is 3. The molecule has 0 radical (unpaired) electrons. The molecule has 1 amide bonds. The number of nitrogens with one attached hydrogen (secondary N) is 1. The number of rotatable bonds is 5. The highest BCUT2D eigenvalue weighted by molar-refractivity contribution is 5.91. The minimum absolute atomic E-state index is 0.0143. The number of hydrogen-bond donors (Lipinski definition) is 1. The first-order valence-electron chi connectivity index (χ1n) is 9.58. The third kappa shape index (κ3) is 4.37. The van der Waals surface area contributed by atoms with Gasteiger partial charge in [0.1, 0.15) is 23.7 Å². The summed E-state index contributed by atoms with van der Waals surface area (Å²) in [4.78, 5) is 23.5.